The third-order valence-electron chi connectivity index (χ3n) is 23.2. The van der Waals surface area contributed by atoms with Crippen LogP contribution in [0, 0.1) is 0 Å². The number of fused-ring (bicyclic) bond motifs is 2. The third kappa shape index (κ3) is 41.3. The summed E-state index contributed by atoms with van der Waals surface area (Å²) in [7, 11) is 0. The first-order chi connectivity index (χ1) is 60.4. The standard InChI is InChI=1S/C108H168O14/c1-9-17-25-33-41-49-65-111-97-61-57-89(81-101(97)115-69-53-45-37-29-21-13-5)93-85-105-106(86-94(93)90-58-62-98(112-66-50-42-34-26-18-10-2)102(82-90)116-70-54-46-38-30-22-14-6)120-78-74-110-76-80-122-108-88-96(92-60-64-100(114-68-52-44-36-28-20-12-4)104(84-92)118-72-56-48-40-32-24-16-8)95(87-107(108)121-79-75-109-73-77-119-105)91-59-63-99(113-67-51-43-35-27-19-11-3)103(83-91)117-71-55-47-39-31-23-15-7/h57-64,81-88H,9-56,65-80H2,1-8H3. The second-order valence-electron chi connectivity index (χ2n) is 33.9. The van der Waals surface area contributed by atoms with Crippen LogP contribution in [0.25, 0.3) is 44.5 Å². The van der Waals surface area contributed by atoms with Gasteiger partial charge in [-0.3, -0.25) is 0 Å². The molecule has 14 nitrogen and oxygen atoms in total. The van der Waals surface area contributed by atoms with Gasteiger partial charge in [0.2, 0.25) is 0 Å². The minimum Gasteiger partial charge on any atom is -0.490 e. The van der Waals surface area contributed by atoms with E-state index in [0.29, 0.717) is 75.9 Å². The molecule has 0 saturated carbocycles. The van der Waals surface area contributed by atoms with Crippen molar-refractivity contribution in [2.45, 2.75) is 364 Å². The Kier molecular flexibility index (Phi) is 56.2. The lowest BCUT2D eigenvalue weighted by Crippen LogP contribution is -2.15. The number of benzene rings is 6. The first kappa shape index (κ1) is 102. The van der Waals surface area contributed by atoms with Crippen LogP contribution >= 0.6 is 0 Å². The van der Waals surface area contributed by atoms with Crippen molar-refractivity contribution in [3.05, 3.63) is 97.1 Å². The fourth-order valence-corrected chi connectivity index (χ4v) is 15.7. The van der Waals surface area contributed by atoms with Crippen molar-refractivity contribution in [2.75, 3.05) is 106 Å². The molecular formula is C108H168O14. The van der Waals surface area contributed by atoms with Gasteiger partial charge in [0.25, 0.3) is 0 Å². The molecule has 0 spiro atoms. The van der Waals surface area contributed by atoms with Crippen molar-refractivity contribution in [3.8, 4) is 114 Å². The predicted molar refractivity (Wildman–Crippen MR) is 509 cm³/mol. The van der Waals surface area contributed by atoms with Gasteiger partial charge in [-0.25, -0.2) is 0 Å². The normalized spacial score (nSPS) is 12.7. The Balaban J connectivity index is 1.26. The fraction of sp³-hybridized carbons (Fsp3) is 0.667. The first-order valence-corrected chi connectivity index (χ1v) is 50.0. The lowest BCUT2D eigenvalue weighted by atomic mass is 9.93. The second kappa shape index (κ2) is 67.2. The fourth-order valence-electron chi connectivity index (χ4n) is 15.7. The summed E-state index contributed by atoms with van der Waals surface area (Å²) in [5.41, 5.74) is 7.62. The summed E-state index contributed by atoms with van der Waals surface area (Å²) in [6.45, 7) is 25.2. The number of unbranched alkanes of at least 4 members (excludes halogenated alkanes) is 40. The lowest BCUT2D eigenvalue weighted by Gasteiger charge is -2.21. The molecule has 0 radical (unpaired) electrons. The molecular weight excluding hydrogens is 1520 g/mol. The van der Waals surface area contributed by atoms with Gasteiger partial charge in [-0.05, 0) is 169 Å². The van der Waals surface area contributed by atoms with Gasteiger partial charge in [-0.2, -0.15) is 0 Å². The van der Waals surface area contributed by atoms with Crippen molar-refractivity contribution in [3.63, 3.8) is 0 Å². The van der Waals surface area contributed by atoms with Gasteiger partial charge in [-0.1, -0.05) is 336 Å². The largest absolute Gasteiger partial charge is 0.490 e. The van der Waals surface area contributed by atoms with Crippen LogP contribution in [-0.2, 0) is 9.47 Å². The summed E-state index contributed by atoms with van der Waals surface area (Å²) in [6.07, 6.45) is 56.5. The summed E-state index contributed by atoms with van der Waals surface area (Å²) in [5.74, 6) is 8.36. The zero-order chi connectivity index (χ0) is 86.0. The summed E-state index contributed by atoms with van der Waals surface area (Å²) < 4.78 is 94.4. The molecule has 1 aliphatic rings. The van der Waals surface area contributed by atoms with E-state index >= 15 is 0 Å². The van der Waals surface area contributed by atoms with Gasteiger partial charge in [0, 0.05) is 0 Å². The number of hydrogen-bond acceptors (Lipinski definition) is 14. The van der Waals surface area contributed by atoms with Crippen LogP contribution in [0.2, 0.25) is 0 Å². The van der Waals surface area contributed by atoms with Gasteiger partial charge >= 0.3 is 0 Å². The van der Waals surface area contributed by atoms with E-state index in [1.54, 1.807) is 0 Å². The Hall–Kier alpha value is -7.16. The van der Waals surface area contributed by atoms with Gasteiger partial charge in [0.05, 0.1) is 79.3 Å². The molecule has 1 heterocycles. The Morgan fingerprint density at radius 1 is 0.172 bits per heavy atom. The first-order valence-electron chi connectivity index (χ1n) is 50.0. The highest BCUT2D eigenvalue weighted by atomic mass is 16.6. The smallest absolute Gasteiger partial charge is 0.161 e. The van der Waals surface area contributed by atoms with Gasteiger partial charge < -0.3 is 66.3 Å². The monoisotopic (exact) mass is 1690 g/mol. The van der Waals surface area contributed by atoms with Crippen LogP contribution in [0.5, 0.6) is 69.0 Å². The Bertz CT molecular complexity index is 3150. The third-order valence-corrected chi connectivity index (χ3v) is 23.2. The van der Waals surface area contributed by atoms with Crippen LogP contribution < -0.4 is 56.8 Å². The van der Waals surface area contributed by atoms with Crippen LogP contribution in [0.1, 0.15) is 364 Å². The van der Waals surface area contributed by atoms with Crippen molar-refractivity contribution >= 4 is 0 Å². The predicted octanol–water partition coefficient (Wildman–Crippen LogP) is 31.5. The molecule has 0 unspecified atom stereocenters. The lowest BCUT2D eigenvalue weighted by molar-refractivity contribution is 0.0641. The highest BCUT2D eigenvalue weighted by Gasteiger charge is 2.24. The molecule has 0 N–H and O–H groups in total. The summed E-state index contributed by atoms with van der Waals surface area (Å²) in [4.78, 5) is 0. The maximum Gasteiger partial charge on any atom is 0.161 e. The highest BCUT2D eigenvalue weighted by molar-refractivity contribution is 5.89. The molecule has 0 bridgehead atoms. The molecule has 6 aromatic carbocycles. The average Bonchev–Trinajstić information content (AvgIpc) is 0.780. The van der Waals surface area contributed by atoms with Gasteiger partial charge in [0.15, 0.2) is 69.0 Å². The zero-order valence-electron chi connectivity index (χ0n) is 78.2. The summed E-state index contributed by atoms with van der Waals surface area (Å²) in [5, 5.41) is 0. The molecule has 684 valence electrons. The molecule has 1 aliphatic heterocycles. The summed E-state index contributed by atoms with van der Waals surface area (Å²) in [6, 6.07) is 34.2. The van der Waals surface area contributed by atoms with Crippen LogP contribution in [0.4, 0.5) is 0 Å². The van der Waals surface area contributed by atoms with Crippen molar-refractivity contribution < 1.29 is 66.3 Å². The number of ether oxygens (including phenoxy) is 14. The zero-order valence-corrected chi connectivity index (χ0v) is 78.2. The number of hydrogen-bond donors (Lipinski definition) is 0. The topological polar surface area (TPSA) is 129 Å². The van der Waals surface area contributed by atoms with E-state index in [2.05, 4.69) is 152 Å². The molecule has 14 heteroatoms. The van der Waals surface area contributed by atoms with E-state index < -0.39 is 0 Å². The Morgan fingerprint density at radius 2 is 0.328 bits per heavy atom. The maximum absolute atomic E-state index is 6.89. The minimum atomic E-state index is 0.243. The van der Waals surface area contributed by atoms with E-state index in [4.69, 9.17) is 66.3 Å². The van der Waals surface area contributed by atoms with Crippen molar-refractivity contribution in [2.24, 2.45) is 0 Å². The Labute approximate surface area is 742 Å². The molecule has 0 atom stereocenters. The van der Waals surface area contributed by atoms with E-state index in [9.17, 15) is 0 Å². The average molecular weight is 1690 g/mol. The maximum atomic E-state index is 6.89. The van der Waals surface area contributed by atoms with E-state index in [-0.39, 0.29) is 52.9 Å². The SMILES string of the molecule is CCCCCCCCOc1ccc(-c2cc3c(cc2-c2ccc(OCCCCCCCC)c(OCCCCCCCC)c2)OCCOCCOc2cc(-c4ccc(OCCCCCCCC)c(OCCCCCCCC)c4)c(-c4ccc(OCCCCCCCC)c(OCCCCCCCC)c4)cc2OCCOCCO3)cc1OCCCCCCCC. The molecule has 0 aromatic heterocycles. The molecule has 0 fully saturated rings. The molecule has 0 aliphatic carbocycles. The van der Waals surface area contributed by atoms with E-state index in [0.717, 1.165) is 193 Å². The quantitative estimate of drug-likeness (QED) is 0.0336. The van der Waals surface area contributed by atoms with Crippen molar-refractivity contribution in [1.82, 2.24) is 0 Å². The van der Waals surface area contributed by atoms with Crippen LogP contribution in [-0.4, -0.2) is 106 Å². The van der Waals surface area contributed by atoms with Gasteiger partial charge in [-0.15, -0.1) is 0 Å². The summed E-state index contributed by atoms with van der Waals surface area (Å²) >= 11 is 0. The highest BCUT2D eigenvalue weighted by Crippen LogP contribution is 2.48. The van der Waals surface area contributed by atoms with Gasteiger partial charge in [0.1, 0.15) is 26.4 Å². The minimum absolute atomic E-state index is 0.243. The molecule has 6 aromatic rings. The molecule has 0 amide bonds. The van der Waals surface area contributed by atoms with E-state index in [1.165, 1.54) is 205 Å². The Morgan fingerprint density at radius 3 is 0.500 bits per heavy atom. The van der Waals surface area contributed by atoms with Crippen LogP contribution in [0.15, 0.2) is 97.1 Å². The van der Waals surface area contributed by atoms with Crippen LogP contribution in [0.3, 0.4) is 0 Å². The number of rotatable bonds is 68. The molecule has 7 rings (SSSR count). The van der Waals surface area contributed by atoms with Crippen molar-refractivity contribution in [1.29, 1.82) is 0 Å². The molecule has 122 heavy (non-hydrogen) atoms. The van der Waals surface area contributed by atoms with E-state index in [1.807, 2.05) is 0 Å². The molecule has 0 saturated heterocycles. The second-order valence-corrected chi connectivity index (χ2v) is 33.9.